The number of hydrogen-bond donors (Lipinski definition) is 1. The molecule has 0 bridgehead atoms. The van der Waals surface area contributed by atoms with Crippen LogP contribution in [0.1, 0.15) is 24.2 Å². The standard InChI is InChI=1S/C15H21N3O3/c1-11(2)13(15(20)18-6-8-21-9-7-18)17-14(19)12-4-3-5-16-10-12/h3-5,10-11,13H,6-9H2,1-2H3,(H,17,19)/t13-/m1/s1. The van der Waals surface area contributed by atoms with Crippen molar-refractivity contribution < 1.29 is 14.3 Å². The lowest BCUT2D eigenvalue weighted by Crippen LogP contribution is -2.53. The minimum absolute atomic E-state index is 0.0148. The van der Waals surface area contributed by atoms with Crippen LogP contribution in [0.2, 0.25) is 0 Å². The minimum atomic E-state index is -0.532. The average Bonchev–Trinajstić information content (AvgIpc) is 2.53. The number of nitrogens with zero attached hydrogens (tertiary/aromatic N) is 2. The summed E-state index contributed by atoms with van der Waals surface area (Å²) in [6.07, 6.45) is 3.10. The third kappa shape index (κ3) is 4.01. The summed E-state index contributed by atoms with van der Waals surface area (Å²) in [6.45, 7) is 6.09. The first kappa shape index (κ1) is 15.4. The van der Waals surface area contributed by atoms with Crippen molar-refractivity contribution in [1.82, 2.24) is 15.2 Å². The maximum Gasteiger partial charge on any atom is 0.253 e. The Morgan fingerprint density at radius 1 is 1.33 bits per heavy atom. The van der Waals surface area contributed by atoms with Crippen LogP contribution in [0.25, 0.3) is 0 Å². The van der Waals surface area contributed by atoms with E-state index in [9.17, 15) is 9.59 Å². The van der Waals surface area contributed by atoms with E-state index in [1.54, 1.807) is 23.2 Å². The monoisotopic (exact) mass is 291 g/mol. The van der Waals surface area contributed by atoms with Crippen LogP contribution in [0.5, 0.6) is 0 Å². The third-order valence-electron chi connectivity index (χ3n) is 3.47. The van der Waals surface area contributed by atoms with Crippen molar-refractivity contribution in [2.24, 2.45) is 5.92 Å². The van der Waals surface area contributed by atoms with Crippen LogP contribution in [-0.4, -0.2) is 54.0 Å². The topological polar surface area (TPSA) is 71.5 Å². The Bertz CT molecular complexity index is 484. The number of amides is 2. The predicted molar refractivity (Wildman–Crippen MR) is 77.7 cm³/mol. The highest BCUT2D eigenvalue weighted by molar-refractivity contribution is 5.97. The molecule has 1 N–H and O–H groups in total. The largest absolute Gasteiger partial charge is 0.378 e. The van der Waals surface area contributed by atoms with E-state index in [-0.39, 0.29) is 17.7 Å². The van der Waals surface area contributed by atoms with Gasteiger partial charge in [-0.1, -0.05) is 13.8 Å². The Labute approximate surface area is 124 Å². The number of nitrogens with one attached hydrogen (secondary N) is 1. The molecule has 2 rings (SSSR count). The van der Waals surface area contributed by atoms with Gasteiger partial charge in [0.1, 0.15) is 6.04 Å². The van der Waals surface area contributed by atoms with E-state index in [0.717, 1.165) is 0 Å². The Morgan fingerprint density at radius 3 is 2.62 bits per heavy atom. The molecule has 1 aromatic heterocycles. The van der Waals surface area contributed by atoms with Gasteiger partial charge in [-0.2, -0.15) is 0 Å². The van der Waals surface area contributed by atoms with Crippen LogP contribution in [-0.2, 0) is 9.53 Å². The normalized spacial score (nSPS) is 16.6. The molecular weight excluding hydrogens is 270 g/mol. The van der Waals surface area contributed by atoms with Crippen molar-refractivity contribution in [3.8, 4) is 0 Å². The molecule has 1 fully saturated rings. The van der Waals surface area contributed by atoms with Crippen molar-refractivity contribution in [2.45, 2.75) is 19.9 Å². The van der Waals surface area contributed by atoms with E-state index in [0.29, 0.717) is 31.9 Å². The molecule has 1 aliphatic heterocycles. The molecule has 1 saturated heterocycles. The van der Waals surface area contributed by atoms with Crippen LogP contribution < -0.4 is 5.32 Å². The molecular formula is C15H21N3O3. The summed E-state index contributed by atoms with van der Waals surface area (Å²) in [7, 11) is 0. The zero-order chi connectivity index (χ0) is 15.2. The van der Waals surface area contributed by atoms with Gasteiger partial charge in [-0.3, -0.25) is 14.6 Å². The summed E-state index contributed by atoms with van der Waals surface area (Å²) in [5.74, 6) is -0.310. The van der Waals surface area contributed by atoms with Crippen LogP contribution in [0, 0.1) is 5.92 Å². The number of aromatic nitrogens is 1. The van der Waals surface area contributed by atoms with Gasteiger partial charge in [-0.25, -0.2) is 0 Å². The molecule has 1 aliphatic rings. The summed E-state index contributed by atoms with van der Waals surface area (Å²) in [6, 6.07) is 2.85. The Hall–Kier alpha value is -1.95. The lowest BCUT2D eigenvalue weighted by Gasteiger charge is -2.32. The molecule has 1 aromatic rings. The van der Waals surface area contributed by atoms with Gasteiger partial charge in [0.15, 0.2) is 0 Å². The van der Waals surface area contributed by atoms with Crippen molar-refractivity contribution in [3.63, 3.8) is 0 Å². The van der Waals surface area contributed by atoms with Gasteiger partial charge < -0.3 is 15.0 Å². The third-order valence-corrected chi connectivity index (χ3v) is 3.47. The summed E-state index contributed by atoms with van der Waals surface area (Å²) < 4.78 is 5.25. The highest BCUT2D eigenvalue weighted by Crippen LogP contribution is 2.09. The fourth-order valence-electron chi connectivity index (χ4n) is 2.22. The molecule has 0 radical (unpaired) electrons. The fraction of sp³-hybridized carbons (Fsp3) is 0.533. The number of pyridine rings is 1. The molecule has 6 heteroatoms. The van der Waals surface area contributed by atoms with Crippen LogP contribution in [0.3, 0.4) is 0 Å². The van der Waals surface area contributed by atoms with E-state index in [4.69, 9.17) is 4.74 Å². The highest BCUT2D eigenvalue weighted by Gasteiger charge is 2.29. The second-order valence-corrected chi connectivity index (χ2v) is 5.37. The number of carbonyl (C=O) groups is 2. The van der Waals surface area contributed by atoms with Gasteiger partial charge in [-0.05, 0) is 18.1 Å². The minimum Gasteiger partial charge on any atom is -0.378 e. The Balaban J connectivity index is 2.05. The van der Waals surface area contributed by atoms with Crippen LogP contribution in [0.4, 0.5) is 0 Å². The van der Waals surface area contributed by atoms with E-state index in [1.165, 1.54) is 6.20 Å². The lowest BCUT2D eigenvalue weighted by atomic mass is 10.0. The molecule has 6 nitrogen and oxygen atoms in total. The second-order valence-electron chi connectivity index (χ2n) is 5.37. The highest BCUT2D eigenvalue weighted by atomic mass is 16.5. The van der Waals surface area contributed by atoms with E-state index >= 15 is 0 Å². The maximum atomic E-state index is 12.5. The smallest absolute Gasteiger partial charge is 0.253 e. The van der Waals surface area contributed by atoms with Crippen LogP contribution >= 0.6 is 0 Å². The number of carbonyl (C=O) groups excluding carboxylic acids is 2. The van der Waals surface area contributed by atoms with Crippen molar-refractivity contribution >= 4 is 11.8 Å². The van der Waals surface area contributed by atoms with Gasteiger partial charge >= 0.3 is 0 Å². The molecule has 0 saturated carbocycles. The SMILES string of the molecule is CC(C)[C@@H](NC(=O)c1cccnc1)C(=O)N1CCOCC1. The summed E-state index contributed by atoms with van der Waals surface area (Å²) in [5.41, 5.74) is 0.456. The molecule has 1 atom stereocenters. The second kappa shape index (κ2) is 7.17. The average molecular weight is 291 g/mol. The zero-order valence-electron chi connectivity index (χ0n) is 12.4. The van der Waals surface area contributed by atoms with E-state index in [1.807, 2.05) is 13.8 Å². The van der Waals surface area contributed by atoms with Gasteiger partial charge in [0, 0.05) is 25.5 Å². The molecule has 0 spiro atoms. The lowest BCUT2D eigenvalue weighted by molar-refractivity contribution is -0.138. The summed E-state index contributed by atoms with van der Waals surface area (Å²) in [5, 5.41) is 2.82. The first-order valence-electron chi connectivity index (χ1n) is 7.17. The van der Waals surface area contributed by atoms with Gasteiger partial charge in [0.2, 0.25) is 5.91 Å². The zero-order valence-corrected chi connectivity index (χ0v) is 12.4. The number of morpholine rings is 1. The first-order valence-corrected chi connectivity index (χ1v) is 7.17. The molecule has 2 heterocycles. The van der Waals surface area contributed by atoms with Crippen molar-refractivity contribution in [2.75, 3.05) is 26.3 Å². The van der Waals surface area contributed by atoms with E-state index < -0.39 is 6.04 Å². The van der Waals surface area contributed by atoms with Crippen LogP contribution in [0.15, 0.2) is 24.5 Å². The van der Waals surface area contributed by atoms with Gasteiger partial charge in [0.05, 0.1) is 18.8 Å². The van der Waals surface area contributed by atoms with E-state index in [2.05, 4.69) is 10.3 Å². The molecule has 2 amide bonds. The van der Waals surface area contributed by atoms with Gasteiger partial charge in [-0.15, -0.1) is 0 Å². The Morgan fingerprint density at radius 2 is 2.05 bits per heavy atom. The van der Waals surface area contributed by atoms with Crippen molar-refractivity contribution in [3.05, 3.63) is 30.1 Å². The number of rotatable bonds is 4. The molecule has 0 aromatic carbocycles. The predicted octanol–water partition coefficient (Wildman–Crippen LogP) is 0.695. The quantitative estimate of drug-likeness (QED) is 0.886. The first-order chi connectivity index (χ1) is 10.1. The van der Waals surface area contributed by atoms with Crippen molar-refractivity contribution in [1.29, 1.82) is 0 Å². The number of ether oxygens (including phenoxy) is 1. The molecule has 0 aliphatic carbocycles. The summed E-state index contributed by atoms with van der Waals surface area (Å²) in [4.78, 5) is 30.4. The number of hydrogen-bond acceptors (Lipinski definition) is 4. The summed E-state index contributed by atoms with van der Waals surface area (Å²) >= 11 is 0. The van der Waals surface area contributed by atoms with Gasteiger partial charge in [0.25, 0.3) is 5.91 Å². The Kier molecular flexibility index (Phi) is 5.27. The molecule has 21 heavy (non-hydrogen) atoms. The molecule has 0 unspecified atom stereocenters. The maximum absolute atomic E-state index is 12.5. The fourth-order valence-corrected chi connectivity index (χ4v) is 2.22. The molecule has 114 valence electrons.